The second-order valence-corrected chi connectivity index (χ2v) is 5.65. The van der Waals surface area contributed by atoms with Crippen LogP contribution in [0.25, 0.3) is 10.1 Å². The maximum Gasteiger partial charge on any atom is 0.265 e. The Kier molecular flexibility index (Phi) is 3.30. The molecule has 0 atom stereocenters. The Bertz CT molecular complexity index is 800. The fourth-order valence-corrected chi connectivity index (χ4v) is 2.94. The van der Waals surface area contributed by atoms with Gasteiger partial charge < -0.3 is 11.1 Å². The van der Waals surface area contributed by atoms with E-state index < -0.39 is 0 Å². The number of thiophene rings is 1. The number of hydrogen-bond donors (Lipinski definition) is 2. The van der Waals surface area contributed by atoms with Crippen molar-refractivity contribution in [2.75, 3.05) is 11.1 Å². The molecule has 0 unspecified atom stereocenters. The van der Waals surface area contributed by atoms with Gasteiger partial charge in [-0.3, -0.25) is 4.79 Å². The van der Waals surface area contributed by atoms with E-state index in [9.17, 15) is 4.79 Å². The molecule has 3 N–H and O–H groups in total. The predicted octanol–water partition coefficient (Wildman–Crippen LogP) is 3.78. The van der Waals surface area contributed by atoms with Crippen LogP contribution in [0.5, 0.6) is 0 Å². The number of fused-ring (bicyclic) bond motifs is 1. The van der Waals surface area contributed by atoms with E-state index in [1.54, 1.807) is 18.3 Å². The number of nitrogen functional groups attached to an aromatic ring is 1. The third-order valence-corrected chi connectivity index (χ3v) is 4.19. The van der Waals surface area contributed by atoms with Gasteiger partial charge in [-0.15, -0.1) is 11.3 Å². The van der Waals surface area contributed by atoms with Gasteiger partial charge >= 0.3 is 0 Å². The van der Waals surface area contributed by atoms with Gasteiger partial charge in [-0.05, 0) is 41.8 Å². The third kappa shape index (κ3) is 2.45. The van der Waals surface area contributed by atoms with Gasteiger partial charge in [-0.25, -0.2) is 4.98 Å². The Morgan fingerprint density at radius 2 is 2.15 bits per heavy atom. The predicted molar refractivity (Wildman–Crippen MR) is 83.4 cm³/mol. The maximum atomic E-state index is 12.2. The molecule has 0 spiro atoms. The Balaban J connectivity index is 1.91. The lowest BCUT2D eigenvalue weighted by atomic mass is 10.2. The Morgan fingerprint density at radius 3 is 2.95 bits per heavy atom. The molecule has 0 radical (unpaired) electrons. The fraction of sp³-hybridized carbons (Fsp3) is 0. The van der Waals surface area contributed by atoms with Crippen LogP contribution in [0.4, 0.5) is 11.4 Å². The van der Waals surface area contributed by atoms with Crippen molar-refractivity contribution in [2.45, 2.75) is 0 Å². The maximum absolute atomic E-state index is 12.2. The van der Waals surface area contributed by atoms with Crippen LogP contribution in [0.15, 0.2) is 42.6 Å². The van der Waals surface area contributed by atoms with Crippen molar-refractivity contribution in [2.24, 2.45) is 0 Å². The highest BCUT2D eigenvalue weighted by molar-refractivity contribution is 7.20. The smallest absolute Gasteiger partial charge is 0.265 e. The number of hydrogen-bond acceptors (Lipinski definition) is 4. The van der Waals surface area contributed by atoms with Crippen LogP contribution >= 0.6 is 22.9 Å². The van der Waals surface area contributed by atoms with Gasteiger partial charge in [0.1, 0.15) is 0 Å². The highest BCUT2D eigenvalue weighted by atomic mass is 35.5. The normalized spacial score (nSPS) is 10.7. The van der Waals surface area contributed by atoms with E-state index in [1.165, 1.54) is 11.3 Å². The SMILES string of the molecule is Nc1ccc2sc(C(=O)Nc3cccnc3Cl)cc2c1. The van der Waals surface area contributed by atoms with Crippen molar-refractivity contribution in [3.8, 4) is 0 Å². The lowest BCUT2D eigenvalue weighted by Gasteiger charge is -2.03. The van der Waals surface area contributed by atoms with E-state index in [0.717, 1.165) is 10.1 Å². The molecule has 0 saturated carbocycles. The molecule has 0 bridgehead atoms. The monoisotopic (exact) mass is 303 g/mol. The zero-order valence-electron chi connectivity index (χ0n) is 10.3. The van der Waals surface area contributed by atoms with Crippen molar-refractivity contribution in [1.82, 2.24) is 4.98 Å². The number of nitrogens with one attached hydrogen (secondary N) is 1. The molecule has 0 aliphatic rings. The number of carbonyl (C=O) groups is 1. The zero-order valence-corrected chi connectivity index (χ0v) is 11.8. The topological polar surface area (TPSA) is 68.0 Å². The average Bonchev–Trinajstić information content (AvgIpc) is 2.84. The first-order chi connectivity index (χ1) is 9.63. The van der Waals surface area contributed by atoms with Crippen molar-refractivity contribution >= 4 is 50.3 Å². The minimum atomic E-state index is -0.209. The van der Waals surface area contributed by atoms with Gasteiger partial charge in [-0.1, -0.05) is 11.6 Å². The quantitative estimate of drug-likeness (QED) is 0.559. The van der Waals surface area contributed by atoms with Crippen molar-refractivity contribution in [3.63, 3.8) is 0 Å². The van der Waals surface area contributed by atoms with Crippen LogP contribution in [0.2, 0.25) is 5.15 Å². The number of carbonyl (C=O) groups excluding carboxylic acids is 1. The Hall–Kier alpha value is -2.11. The van der Waals surface area contributed by atoms with E-state index in [1.807, 2.05) is 24.3 Å². The number of aromatic nitrogens is 1. The van der Waals surface area contributed by atoms with Crippen LogP contribution in [0.1, 0.15) is 9.67 Å². The molecule has 0 aliphatic carbocycles. The standard InChI is InChI=1S/C14H10ClN3OS/c15-13-10(2-1-5-17-13)18-14(19)12-7-8-6-9(16)3-4-11(8)20-12/h1-7H,16H2,(H,18,19). The molecule has 0 saturated heterocycles. The second-order valence-electron chi connectivity index (χ2n) is 4.20. The summed E-state index contributed by atoms with van der Waals surface area (Å²) < 4.78 is 1.02. The van der Waals surface area contributed by atoms with Crippen LogP contribution in [0.3, 0.4) is 0 Å². The van der Waals surface area contributed by atoms with Crippen LogP contribution < -0.4 is 11.1 Å². The number of nitrogens with two attached hydrogens (primary N) is 1. The fourth-order valence-electron chi connectivity index (χ4n) is 1.84. The van der Waals surface area contributed by atoms with E-state index >= 15 is 0 Å². The number of amides is 1. The van der Waals surface area contributed by atoms with E-state index in [0.29, 0.717) is 16.3 Å². The Labute approximate surface area is 124 Å². The van der Waals surface area contributed by atoms with Crippen LogP contribution in [-0.4, -0.2) is 10.9 Å². The summed E-state index contributed by atoms with van der Waals surface area (Å²) >= 11 is 7.32. The second kappa shape index (κ2) is 5.11. The molecular weight excluding hydrogens is 294 g/mol. The molecule has 3 aromatic rings. The lowest BCUT2D eigenvalue weighted by molar-refractivity contribution is 0.103. The van der Waals surface area contributed by atoms with Crippen LogP contribution in [-0.2, 0) is 0 Å². The molecule has 2 heterocycles. The molecule has 6 heteroatoms. The van der Waals surface area contributed by atoms with Crippen LogP contribution in [0, 0.1) is 0 Å². The van der Waals surface area contributed by atoms with Crippen molar-refractivity contribution in [3.05, 3.63) is 52.6 Å². The van der Waals surface area contributed by atoms with Crippen molar-refractivity contribution < 1.29 is 4.79 Å². The first-order valence-corrected chi connectivity index (χ1v) is 7.04. The molecule has 0 aliphatic heterocycles. The summed E-state index contributed by atoms with van der Waals surface area (Å²) in [6.45, 7) is 0. The molecule has 4 nitrogen and oxygen atoms in total. The summed E-state index contributed by atoms with van der Waals surface area (Å²) in [5.41, 5.74) is 6.91. The number of nitrogens with zero attached hydrogens (tertiary/aromatic N) is 1. The minimum Gasteiger partial charge on any atom is -0.399 e. The first kappa shape index (κ1) is 12.9. The third-order valence-electron chi connectivity index (χ3n) is 2.77. The molecular formula is C14H10ClN3OS. The molecule has 1 amide bonds. The number of rotatable bonds is 2. The summed E-state index contributed by atoms with van der Waals surface area (Å²) in [5.74, 6) is -0.209. The summed E-state index contributed by atoms with van der Waals surface area (Å²) in [6, 6.07) is 10.8. The van der Waals surface area contributed by atoms with Crippen molar-refractivity contribution in [1.29, 1.82) is 0 Å². The zero-order chi connectivity index (χ0) is 14.1. The van der Waals surface area contributed by atoms with Gasteiger partial charge in [0.2, 0.25) is 0 Å². The molecule has 100 valence electrons. The van der Waals surface area contributed by atoms with Gasteiger partial charge in [0.15, 0.2) is 5.15 Å². The number of halogens is 1. The van der Waals surface area contributed by atoms with E-state index in [4.69, 9.17) is 17.3 Å². The lowest BCUT2D eigenvalue weighted by Crippen LogP contribution is -2.10. The number of anilines is 2. The van der Waals surface area contributed by atoms with E-state index in [-0.39, 0.29) is 11.1 Å². The number of pyridine rings is 1. The van der Waals surface area contributed by atoms with Gasteiger partial charge in [0, 0.05) is 16.6 Å². The largest absolute Gasteiger partial charge is 0.399 e. The van der Waals surface area contributed by atoms with E-state index in [2.05, 4.69) is 10.3 Å². The highest BCUT2D eigenvalue weighted by Gasteiger charge is 2.12. The summed E-state index contributed by atoms with van der Waals surface area (Å²) in [6.07, 6.45) is 1.57. The molecule has 0 fully saturated rings. The summed E-state index contributed by atoms with van der Waals surface area (Å²) in [4.78, 5) is 16.7. The number of benzene rings is 1. The Morgan fingerprint density at radius 1 is 1.30 bits per heavy atom. The molecule has 1 aromatic carbocycles. The van der Waals surface area contributed by atoms with Gasteiger partial charge in [0.25, 0.3) is 5.91 Å². The minimum absolute atomic E-state index is 0.209. The highest BCUT2D eigenvalue weighted by Crippen LogP contribution is 2.28. The van der Waals surface area contributed by atoms with Gasteiger partial charge in [0.05, 0.1) is 10.6 Å². The summed E-state index contributed by atoms with van der Waals surface area (Å²) in [5, 5.41) is 3.97. The molecule has 2 aromatic heterocycles. The first-order valence-electron chi connectivity index (χ1n) is 5.84. The average molecular weight is 304 g/mol. The molecule has 20 heavy (non-hydrogen) atoms. The van der Waals surface area contributed by atoms with Gasteiger partial charge in [-0.2, -0.15) is 0 Å². The molecule has 3 rings (SSSR count). The summed E-state index contributed by atoms with van der Waals surface area (Å²) in [7, 11) is 0.